The van der Waals surface area contributed by atoms with Crippen LogP contribution in [0, 0.1) is 6.92 Å². The second-order valence-corrected chi connectivity index (χ2v) is 11.5. The predicted octanol–water partition coefficient (Wildman–Crippen LogP) is 5.67. The first-order valence-corrected chi connectivity index (χ1v) is 14.4. The van der Waals surface area contributed by atoms with Crippen molar-refractivity contribution >= 4 is 52.1 Å². The number of allylic oxidation sites excluding steroid dienone is 4. The summed E-state index contributed by atoms with van der Waals surface area (Å²) in [4.78, 5) is 51.6. The summed E-state index contributed by atoms with van der Waals surface area (Å²) in [7, 11) is 1.46. The molecular formula is C31H32Cl2N2O8. The topological polar surface area (TPSA) is 151 Å². The number of nitrogens with one attached hydrogen (secondary N) is 2. The van der Waals surface area contributed by atoms with Gasteiger partial charge in [0.25, 0.3) is 0 Å². The minimum Gasteiger partial charge on any atom is -0.507 e. The number of aromatic hydroxyl groups is 2. The van der Waals surface area contributed by atoms with Crippen LogP contribution in [0.1, 0.15) is 67.9 Å². The Labute approximate surface area is 258 Å². The lowest BCUT2D eigenvalue weighted by atomic mass is 9.70. The van der Waals surface area contributed by atoms with Crippen LogP contribution in [0.2, 0.25) is 10.0 Å². The number of hydrogen-bond acceptors (Lipinski definition) is 9. The fourth-order valence-corrected chi connectivity index (χ4v) is 5.82. The SMILES string of the molecule is COc1cc(NC(=O)CCCCCN/C(C)=C2\C(=O)C=C3Oc4c(C(C)=O)c(O)c(C)c(O)c4C3(C)C2=O)c(Cl)cc1Cl. The number of carbonyl (C=O) groups is 4. The summed E-state index contributed by atoms with van der Waals surface area (Å²) in [5.74, 6) is -2.47. The number of benzene rings is 2. The van der Waals surface area contributed by atoms with E-state index < -0.39 is 28.5 Å². The quantitative estimate of drug-likeness (QED) is 0.113. The number of fused-ring (bicyclic) bond motifs is 3. The molecule has 12 heteroatoms. The maximum Gasteiger partial charge on any atom is 0.224 e. The molecule has 0 aromatic heterocycles. The van der Waals surface area contributed by atoms with Gasteiger partial charge in [-0.05, 0) is 46.6 Å². The summed E-state index contributed by atoms with van der Waals surface area (Å²) in [5.41, 5.74) is -0.996. The van der Waals surface area contributed by atoms with Crippen molar-refractivity contribution in [1.29, 1.82) is 0 Å². The number of Topliss-reactive ketones (excluding diaryl/α,β-unsaturated/α-hetero) is 2. The number of carbonyl (C=O) groups excluding carboxylic acids is 4. The third kappa shape index (κ3) is 5.69. The monoisotopic (exact) mass is 630 g/mol. The van der Waals surface area contributed by atoms with Crippen LogP contribution in [0.4, 0.5) is 5.69 Å². The number of anilines is 1. The maximum atomic E-state index is 13.8. The molecule has 2 aromatic carbocycles. The summed E-state index contributed by atoms with van der Waals surface area (Å²) in [6, 6.07) is 3.05. The van der Waals surface area contributed by atoms with Crippen molar-refractivity contribution in [3.8, 4) is 23.0 Å². The fraction of sp³-hybridized carbons (Fsp3) is 0.355. The van der Waals surface area contributed by atoms with Crippen LogP contribution < -0.4 is 20.1 Å². The molecular weight excluding hydrogens is 599 g/mol. The molecule has 1 unspecified atom stereocenters. The molecule has 1 heterocycles. The van der Waals surface area contributed by atoms with Gasteiger partial charge in [0.15, 0.2) is 17.3 Å². The lowest BCUT2D eigenvalue weighted by Crippen LogP contribution is -2.41. The highest BCUT2D eigenvalue weighted by Crippen LogP contribution is 2.57. The minimum atomic E-state index is -1.57. The van der Waals surface area contributed by atoms with Gasteiger partial charge in [-0.25, -0.2) is 0 Å². The Morgan fingerprint density at radius 1 is 1.05 bits per heavy atom. The van der Waals surface area contributed by atoms with Gasteiger partial charge in [-0.1, -0.05) is 29.6 Å². The summed E-state index contributed by atoms with van der Waals surface area (Å²) < 4.78 is 10.9. The normalized spacial score (nSPS) is 18.3. The zero-order chi connectivity index (χ0) is 31.8. The van der Waals surface area contributed by atoms with Gasteiger partial charge in [0.2, 0.25) is 5.91 Å². The van der Waals surface area contributed by atoms with E-state index in [1.54, 1.807) is 13.0 Å². The van der Waals surface area contributed by atoms with Crippen molar-refractivity contribution in [1.82, 2.24) is 5.32 Å². The Morgan fingerprint density at radius 2 is 1.74 bits per heavy atom. The van der Waals surface area contributed by atoms with E-state index in [4.69, 9.17) is 32.7 Å². The number of hydrogen-bond donors (Lipinski definition) is 4. The lowest BCUT2D eigenvalue weighted by molar-refractivity contribution is -0.123. The zero-order valence-corrected chi connectivity index (χ0v) is 25.9. The van der Waals surface area contributed by atoms with Gasteiger partial charge in [0.05, 0.1) is 34.0 Å². The summed E-state index contributed by atoms with van der Waals surface area (Å²) in [5, 5.41) is 27.9. The third-order valence-electron chi connectivity index (χ3n) is 7.75. The maximum absolute atomic E-state index is 13.8. The van der Waals surface area contributed by atoms with E-state index in [9.17, 15) is 29.4 Å². The highest BCUT2D eigenvalue weighted by atomic mass is 35.5. The number of halogens is 2. The van der Waals surface area contributed by atoms with E-state index >= 15 is 0 Å². The number of ether oxygens (including phenoxy) is 2. The Hall–Kier alpha value is -4.02. The standard InChI is InChI=1S/C31H32Cl2N2O8/c1-14-27(39)25(16(3)36)29-26(28(14)40)31(4)22(43-29)13-20(37)24(30(31)41)15(2)34-10-8-6-7-9-23(38)35-19-12-21(42-5)18(33)11-17(19)32/h11-13,34,39-40H,6-10H2,1-5H3,(H,35,38)/b24-15+. The Bertz CT molecular complexity index is 1630. The van der Waals surface area contributed by atoms with Crippen molar-refractivity contribution < 1.29 is 38.9 Å². The van der Waals surface area contributed by atoms with Crippen LogP contribution in [0.3, 0.4) is 0 Å². The molecule has 1 aliphatic heterocycles. The van der Waals surface area contributed by atoms with Crippen LogP contribution in [0.15, 0.2) is 35.2 Å². The average molecular weight is 632 g/mol. The van der Waals surface area contributed by atoms with Gasteiger partial charge >= 0.3 is 0 Å². The second kappa shape index (κ2) is 12.3. The van der Waals surface area contributed by atoms with Gasteiger partial charge < -0.3 is 30.3 Å². The van der Waals surface area contributed by atoms with Gasteiger partial charge in [-0.15, -0.1) is 0 Å². The Balaban J connectivity index is 1.40. The van der Waals surface area contributed by atoms with Gasteiger partial charge in [0.1, 0.15) is 39.7 Å². The molecule has 0 saturated heterocycles. The first kappa shape index (κ1) is 31.9. The molecule has 4 N–H and O–H groups in total. The van der Waals surface area contributed by atoms with Gasteiger partial charge in [-0.2, -0.15) is 0 Å². The summed E-state index contributed by atoms with van der Waals surface area (Å²) in [6.07, 6.45) is 3.37. The molecule has 2 aromatic rings. The minimum absolute atomic E-state index is 0.0199. The molecule has 228 valence electrons. The second-order valence-electron chi connectivity index (χ2n) is 10.6. The van der Waals surface area contributed by atoms with Crippen molar-refractivity contribution in [2.75, 3.05) is 19.0 Å². The van der Waals surface area contributed by atoms with Crippen LogP contribution in [0.5, 0.6) is 23.0 Å². The largest absolute Gasteiger partial charge is 0.507 e. The molecule has 0 fully saturated rings. The molecule has 2 aliphatic rings. The molecule has 1 aliphatic carbocycles. The highest BCUT2D eigenvalue weighted by molar-refractivity contribution is 6.37. The summed E-state index contributed by atoms with van der Waals surface area (Å²) >= 11 is 12.2. The molecule has 10 nitrogen and oxygen atoms in total. The van der Waals surface area contributed by atoms with E-state index in [0.717, 1.165) is 0 Å². The number of amides is 1. The number of phenols is 2. The molecule has 43 heavy (non-hydrogen) atoms. The molecule has 4 rings (SSSR count). The van der Waals surface area contributed by atoms with E-state index in [-0.39, 0.29) is 51.8 Å². The van der Waals surface area contributed by atoms with Crippen LogP contribution in [0.25, 0.3) is 0 Å². The van der Waals surface area contributed by atoms with Crippen molar-refractivity contribution in [2.45, 2.75) is 58.8 Å². The number of methoxy groups -OCH3 is 1. The first-order chi connectivity index (χ1) is 20.2. The Morgan fingerprint density at radius 3 is 2.40 bits per heavy atom. The number of rotatable bonds is 10. The van der Waals surface area contributed by atoms with Gasteiger partial charge in [-0.3, -0.25) is 19.2 Å². The van der Waals surface area contributed by atoms with E-state index in [2.05, 4.69) is 10.6 Å². The molecule has 1 atom stereocenters. The summed E-state index contributed by atoms with van der Waals surface area (Å²) in [6.45, 7) is 6.23. The van der Waals surface area contributed by atoms with Crippen molar-refractivity contribution in [3.05, 3.63) is 62.0 Å². The third-order valence-corrected chi connectivity index (χ3v) is 8.35. The van der Waals surface area contributed by atoms with E-state index in [1.807, 2.05) is 0 Å². The number of unbranched alkanes of at least 4 members (excludes halogenated alkanes) is 2. The highest BCUT2D eigenvalue weighted by Gasteiger charge is 2.56. The number of ketones is 3. The zero-order valence-electron chi connectivity index (χ0n) is 24.4. The van der Waals surface area contributed by atoms with Crippen LogP contribution in [-0.4, -0.2) is 47.1 Å². The fourth-order valence-electron chi connectivity index (χ4n) is 5.31. The molecule has 0 radical (unpaired) electrons. The molecule has 0 bridgehead atoms. The van der Waals surface area contributed by atoms with Crippen LogP contribution in [-0.2, 0) is 19.8 Å². The van der Waals surface area contributed by atoms with Crippen molar-refractivity contribution in [3.63, 3.8) is 0 Å². The van der Waals surface area contributed by atoms with Gasteiger partial charge in [0, 0.05) is 36.4 Å². The molecule has 0 spiro atoms. The van der Waals surface area contributed by atoms with Crippen molar-refractivity contribution in [2.24, 2.45) is 0 Å². The molecule has 1 amide bonds. The van der Waals surface area contributed by atoms with E-state index in [0.29, 0.717) is 53.0 Å². The Kier molecular flexibility index (Phi) is 9.13. The van der Waals surface area contributed by atoms with E-state index in [1.165, 1.54) is 40.0 Å². The lowest BCUT2D eigenvalue weighted by Gasteiger charge is -2.29. The predicted molar refractivity (Wildman–Crippen MR) is 161 cm³/mol. The smallest absolute Gasteiger partial charge is 0.224 e. The first-order valence-electron chi connectivity index (χ1n) is 13.6. The average Bonchev–Trinajstić information content (AvgIpc) is 3.23. The number of phenolic OH excluding ortho intramolecular Hbond substituents is 2. The molecule has 0 saturated carbocycles. The van der Waals surface area contributed by atoms with Crippen LogP contribution >= 0.6 is 23.2 Å².